The SMILES string of the molecule is CCC(=O)NCCN1C(=O)C2(CCC2)Oc2cc(C)c(C(=O)N(C(C)C)C3CCCN(C(=O)OC(C)OC(=O)c4ccc(C)cc4)C3)cc21. The fourth-order valence-corrected chi connectivity index (χ4v) is 6.73. The summed E-state index contributed by atoms with van der Waals surface area (Å²) in [5, 5.41) is 2.85. The number of carbonyl (C=O) groups is 5. The van der Waals surface area contributed by atoms with Gasteiger partial charge in [-0.05, 0) is 89.6 Å². The van der Waals surface area contributed by atoms with Gasteiger partial charge in [0, 0.05) is 51.1 Å². The lowest BCUT2D eigenvalue weighted by Gasteiger charge is -2.47. The van der Waals surface area contributed by atoms with Gasteiger partial charge in [-0.2, -0.15) is 0 Å². The first-order valence-corrected chi connectivity index (χ1v) is 17.3. The summed E-state index contributed by atoms with van der Waals surface area (Å²) in [6, 6.07) is 9.98. The minimum atomic E-state index is -1.11. The molecule has 2 fully saturated rings. The molecule has 2 aliphatic heterocycles. The molecule has 1 spiro atoms. The number of fused-ring (bicyclic) bond motifs is 1. The van der Waals surface area contributed by atoms with Crippen molar-refractivity contribution in [2.45, 2.75) is 104 Å². The number of hydrogen-bond donors (Lipinski definition) is 1. The van der Waals surface area contributed by atoms with Gasteiger partial charge in [0.2, 0.25) is 12.2 Å². The quantitative estimate of drug-likeness (QED) is 0.270. The number of benzene rings is 2. The molecular weight excluding hydrogens is 628 g/mol. The molecule has 264 valence electrons. The van der Waals surface area contributed by atoms with E-state index in [2.05, 4.69) is 5.32 Å². The molecule has 0 bridgehead atoms. The first-order chi connectivity index (χ1) is 23.3. The van der Waals surface area contributed by atoms with Crippen LogP contribution in [-0.4, -0.2) is 89.7 Å². The number of esters is 1. The highest BCUT2D eigenvalue weighted by Gasteiger charge is 2.52. The summed E-state index contributed by atoms with van der Waals surface area (Å²) in [6.45, 7) is 12.1. The van der Waals surface area contributed by atoms with Crippen molar-refractivity contribution in [1.82, 2.24) is 15.1 Å². The number of hydrogen-bond acceptors (Lipinski definition) is 8. The average Bonchev–Trinajstić information content (AvgIpc) is 3.04. The van der Waals surface area contributed by atoms with Crippen LogP contribution in [0.2, 0.25) is 0 Å². The molecule has 49 heavy (non-hydrogen) atoms. The van der Waals surface area contributed by atoms with Crippen molar-refractivity contribution in [3.8, 4) is 5.75 Å². The summed E-state index contributed by atoms with van der Waals surface area (Å²) < 4.78 is 17.2. The zero-order valence-electron chi connectivity index (χ0n) is 29.4. The summed E-state index contributed by atoms with van der Waals surface area (Å²) in [5.41, 5.74) is 2.13. The van der Waals surface area contributed by atoms with E-state index in [0.29, 0.717) is 66.8 Å². The molecule has 0 aromatic heterocycles. The fraction of sp³-hybridized carbons (Fsp3) is 0.541. The first-order valence-electron chi connectivity index (χ1n) is 17.3. The first kappa shape index (κ1) is 35.7. The van der Waals surface area contributed by atoms with Crippen LogP contribution < -0.4 is 15.0 Å². The second-order valence-electron chi connectivity index (χ2n) is 13.5. The third-order valence-corrected chi connectivity index (χ3v) is 9.57. The van der Waals surface area contributed by atoms with E-state index < -0.39 is 24.0 Å². The minimum Gasteiger partial charge on any atom is -0.475 e. The van der Waals surface area contributed by atoms with Crippen LogP contribution in [0, 0.1) is 13.8 Å². The third-order valence-electron chi connectivity index (χ3n) is 9.57. The molecule has 2 atom stereocenters. The molecule has 2 heterocycles. The van der Waals surface area contributed by atoms with Gasteiger partial charge in [-0.15, -0.1) is 0 Å². The normalized spacial score (nSPS) is 18.6. The van der Waals surface area contributed by atoms with Crippen LogP contribution in [0.3, 0.4) is 0 Å². The van der Waals surface area contributed by atoms with Crippen LogP contribution in [0.15, 0.2) is 36.4 Å². The van der Waals surface area contributed by atoms with Gasteiger partial charge in [0.05, 0.1) is 17.3 Å². The molecule has 12 heteroatoms. The lowest BCUT2D eigenvalue weighted by atomic mass is 9.77. The average molecular weight is 677 g/mol. The Labute approximate surface area is 288 Å². The molecule has 1 aliphatic carbocycles. The van der Waals surface area contributed by atoms with Gasteiger partial charge in [0.15, 0.2) is 5.60 Å². The van der Waals surface area contributed by atoms with Crippen molar-refractivity contribution in [2.24, 2.45) is 0 Å². The summed E-state index contributed by atoms with van der Waals surface area (Å²) in [5.74, 6) is -0.510. The smallest absolute Gasteiger partial charge is 0.412 e. The molecule has 2 aromatic rings. The maximum absolute atomic E-state index is 14.4. The number of anilines is 1. The Balaban J connectivity index is 1.31. The molecule has 2 unspecified atom stereocenters. The highest BCUT2D eigenvalue weighted by molar-refractivity contribution is 6.06. The summed E-state index contributed by atoms with van der Waals surface area (Å²) in [6.07, 6.45) is 2.09. The zero-order chi connectivity index (χ0) is 35.5. The lowest BCUT2D eigenvalue weighted by molar-refractivity contribution is -0.143. The van der Waals surface area contributed by atoms with Crippen LogP contribution in [0.1, 0.15) is 98.1 Å². The predicted octanol–water partition coefficient (Wildman–Crippen LogP) is 5.13. The Bertz CT molecular complexity index is 1590. The lowest BCUT2D eigenvalue weighted by Crippen LogP contribution is -2.61. The van der Waals surface area contributed by atoms with Gasteiger partial charge in [-0.25, -0.2) is 9.59 Å². The van der Waals surface area contributed by atoms with Crippen molar-refractivity contribution in [3.63, 3.8) is 0 Å². The van der Waals surface area contributed by atoms with E-state index in [9.17, 15) is 24.0 Å². The molecule has 4 amide bonds. The van der Waals surface area contributed by atoms with Crippen LogP contribution in [0.25, 0.3) is 0 Å². The molecule has 1 saturated carbocycles. The van der Waals surface area contributed by atoms with Crippen LogP contribution >= 0.6 is 0 Å². The van der Waals surface area contributed by atoms with Gasteiger partial charge in [0.25, 0.3) is 11.8 Å². The summed E-state index contributed by atoms with van der Waals surface area (Å²) >= 11 is 0. The largest absolute Gasteiger partial charge is 0.475 e. The van der Waals surface area contributed by atoms with Gasteiger partial charge in [-0.3, -0.25) is 14.4 Å². The second kappa shape index (κ2) is 14.9. The van der Waals surface area contributed by atoms with E-state index in [1.54, 1.807) is 52.0 Å². The topological polar surface area (TPSA) is 135 Å². The molecule has 3 aliphatic rings. The monoisotopic (exact) mass is 676 g/mol. The maximum Gasteiger partial charge on any atom is 0.412 e. The Morgan fingerprint density at radius 1 is 1.04 bits per heavy atom. The van der Waals surface area contributed by atoms with E-state index in [1.807, 2.05) is 33.8 Å². The van der Waals surface area contributed by atoms with Crippen LogP contribution in [0.4, 0.5) is 10.5 Å². The molecule has 1 N–H and O–H groups in total. The molecule has 0 radical (unpaired) electrons. The zero-order valence-corrected chi connectivity index (χ0v) is 29.4. The highest BCUT2D eigenvalue weighted by Crippen LogP contribution is 2.47. The number of nitrogens with one attached hydrogen (secondary N) is 1. The number of ether oxygens (including phenoxy) is 3. The van der Waals surface area contributed by atoms with E-state index in [1.165, 1.54) is 6.92 Å². The number of likely N-dealkylation sites (tertiary alicyclic amines) is 1. The van der Waals surface area contributed by atoms with Crippen LogP contribution in [-0.2, 0) is 19.1 Å². The minimum absolute atomic E-state index is 0.102. The van der Waals surface area contributed by atoms with E-state index in [-0.39, 0.29) is 49.4 Å². The Morgan fingerprint density at radius 3 is 2.39 bits per heavy atom. The number of rotatable bonds is 10. The predicted molar refractivity (Wildman–Crippen MR) is 182 cm³/mol. The summed E-state index contributed by atoms with van der Waals surface area (Å²) in [7, 11) is 0. The van der Waals surface area contributed by atoms with Crippen molar-refractivity contribution in [2.75, 3.05) is 31.1 Å². The number of aryl methyl sites for hydroxylation is 2. The van der Waals surface area contributed by atoms with E-state index >= 15 is 0 Å². The van der Waals surface area contributed by atoms with Gasteiger partial charge >= 0.3 is 12.1 Å². The number of piperidine rings is 1. The maximum atomic E-state index is 14.4. The number of carbonyl (C=O) groups excluding carboxylic acids is 5. The third kappa shape index (κ3) is 7.68. The van der Waals surface area contributed by atoms with E-state index in [4.69, 9.17) is 14.2 Å². The Hall–Kier alpha value is -4.61. The van der Waals surface area contributed by atoms with Crippen molar-refractivity contribution >= 4 is 35.5 Å². The van der Waals surface area contributed by atoms with E-state index in [0.717, 1.165) is 12.0 Å². The summed E-state index contributed by atoms with van der Waals surface area (Å²) in [4.78, 5) is 70.7. The molecular formula is C37H48N4O8. The van der Waals surface area contributed by atoms with Gasteiger partial charge in [-0.1, -0.05) is 24.6 Å². The molecule has 2 aromatic carbocycles. The molecule has 1 saturated heterocycles. The Kier molecular flexibility index (Phi) is 10.8. The van der Waals surface area contributed by atoms with Crippen molar-refractivity contribution in [3.05, 3.63) is 58.7 Å². The van der Waals surface area contributed by atoms with Crippen LogP contribution in [0.5, 0.6) is 5.75 Å². The number of amides is 4. The standard InChI is InChI=1S/C37H48N4O8/c1-7-32(42)38-17-19-40-30-21-29(25(5)20-31(30)49-37(35(40)45)15-9-16-37)33(43)41(23(2)3)28-10-8-18-39(22-28)36(46)48-26(6)47-34(44)27-13-11-24(4)12-14-27/h11-14,20-21,23,26,28H,7-10,15-19,22H2,1-6H3,(H,38,42). The van der Waals surface area contributed by atoms with Gasteiger partial charge in [0.1, 0.15) is 5.75 Å². The second-order valence-corrected chi connectivity index (χ2v) is 13.5. The molecule has 5 rings (SSSR count). The fourth-order valence-electron chi connectivity index (χ4n) is 6.73. The van der Waals surface area contributed by atoms with Crippen molar-refractivity contribution < 1.29 is 38.2 Å². The highest BCUT2D eigenvalue weighted by atomic mass is 16.7. The van der Waals surface area contributed by atoms with Gasteiger partial charge < -0.3 is 34.2 Å². The van der Waals surface area contributed by atoms with Crippen molar-refractivity contribution in [1.29, 1.82) is 0 Å². The molecule has 12 nitrogen and oxygen atoms in total. The number of nitrogens with zero attached hydrogens (tertiary/aromatic N) is 3. The Morgan fingerprint density at radius 2 is 1.76 bits per heavy atom.